The number of carboxylic acid groups (broad SMARTS) is 1. The van der Waals surface area contributed by atoms with Crippen molar-refractivity contribution >= 4 is 17.7 Å². The number of carbonyl (C=O) groups is 2. The van der Waals surface area contributed by atoms with Gasteiger partial charge in [0.15, 0.2) is 5.76 Å². The van der Waals surface area contributed by atoms with Crippen LogP contribution >= 0.6 is 0 Å². The van der Waals surface area contributed by atoms with E-state index in [1.807, 2.05) is 0 Å². The molecule has 0 aliphatic rings. The minimum Gasteiger partial charge on any atom is -0.478 e. The van der Waals surface area contributed by atoms with E-state index < -0.39 is 11.9 Å². The number of aromatic carboxylic acids is 1. The van der Waals surface area contributed by atoms with Crippen molar-refractivity contribution in [3.63, 3.8) is 0 Å². The molecule has 0 atom stereocenters. The molecule has 0 aliphatic heterocycles. The Morgan fingerprint density at radius 2 is 2.17 bits per heavy atom. The maximum atomic E-state index is 11.8. The van der Waals surface area contributed by atoms with Crippen LogP contribution in [0.5, 0.6) is 0 Å². The number of hydrogen-bond donors (Lipinski definition) is 2. The Balaban J connectivity index is 2.28. The summed E-state index contributed by atoms with van der Waals surface area (Å²) in [7, 11) is 0. The lowest BCUT2D eigenvalue weighted by atomic mass is 10.2. The van der Waals surface area contributed by atoms with Crippen LogP contribution in [0, 0.1) is 6.92 Å². The predicted octanol–water partition coefficient (Wildman–Crippen LogP) is 1.93. The van der Waals surface area contributed by atoms with Gasteiger partial charge in [-0.05, 0) is 25.1 Å². The fraction of sp³-hybridized carbons (Fsp3) is 0.0833. The van der Waals surface area contributed by atoms with Crippen LogP contribution < -0.4 is 5.32 Å². The Kier molecular flexibility index (Phi) is 3.09. The predicted molar refractivity (Wildman–Crippen MR) is 62.6 cm³/mol. The molecule has 0 aromatic carbocycles. The van der Waals surface area contributed by atoms with Crippen LogP contribution in [0.25, 0.3) is 0 Å². The number of nitrogens with zero attached hydrogens (tertiary/aromatic N) is 1. The largest absolute Gasteiger partial charge is 0.478 e. The molecule has 0 saturated heterocycles. The number of pyridine rings is 1. The summed E-state index contributed by atoms with van der Waals surface area (Å²) in [4.78, 5) is 26.6. The van der Waals surface area contributed by atoms with E-state index in [4.69, 9.17) is 9.52 Å². The molecule has 18 heavy (non-hydrogen) atoms. The van der Waals surface area contributed by atoms with Crippen LogP contribution in [0.1, 0.15) is 26.5 Å². The highest BCUT2D eigenvalue weighted by Gasteiger charge is 2.17. The summed E-state index contributed by atoms with van der Waals surface area (Å²) in [6, 6.07) is 4.49. The number of nitrogens with one attached hydrogen (secondary N) is 1. The lowest BCUT2D eigenvalue weighted by molar-refractivity contribution is 0.0697. The number of carbonyl (C=O) groups excluding carboxylic acids is 1. The Labute approximate surface area is 102 Å². The molecular weight excluding hydrogens is 236 g/mol. The van der Waals surface area contributed by atoms with Crippen molar-refractivity contribution in [3.8, 4) is 0 Å². The van der Waals surface area contributed by atoms with Gasteiger partial charge in [-0.2, -0.15) is 0 Å². The summed E-state index contributed by atoms with van der Waals surface area (Å²) in [5.41, 5.74) is 0.593. The van der Waals surface area contributed by atoms with Crippen LogP contribution in [-0.2, 0) is 0 Å². The molecule has 0 bridgehead atoms. The molecule has 0 spiro atoms. The number of carboxylic acids is 1. The maximum Gasteiger partial charge on any atom is 0.339 e. The van der Waals surface area contributed by atoms with Gasteiger partial charge in [-0.3, -0.25) is 4.79 Å². The van der Waals surface area contributed by atoms with Gasteiger partial charge in [0.1, 0.15) is 11.4 Å². The van der Waals surface area contributed by atoms with E-state index in [-0.39, 0.29) is 17.1 Å². The van der Waals surface area contributed by atoms with E-state index in [0.29, 0.717) is 5.56 Å². The summed E-state index contributed by atoms with van der Waals surface area (Å²) in [5, 5.41) is 11.4. The van der Waals surface area contributed by atoms with Crippen molar-refractivity contribution in [3.05, 3.63) is 47.5 Å². The number of hydrogen-bond acceptors (Lipinski definition) is 4. The van der Waals surface area contributed by atoms with Gasteiger partial charge in [-0.1, -0.05) is 0 Å². The fourth-order valence-electron chi connectivity index (χ4n) is 1.45. The monoisotopic (exact) mass is 246 g/mol. The molecule has 2 N–H and O–H groups in total. The molecule has 0 fully saturated rings. The molecule has 2 aromatic rings. The summed E-state index contributed by atoms with van der Waals surface area (Å²) < 4.78 is 5.01. The van der Waals surface area contributed by atoms with E-state index in [1.54, 1.807) is 13.0 Å². The molecule has 2 heterocycles. The van der Waals surface area contributed by atoms with Crippen LogP contribution in [0.15, 0.2) is 35.1 Å². The highest BCUT2D eigenvalue weighted by molar-refractivity contribution is 6.06. The molecule has 2 rings (SSSR count). The first-order valence-electron chi connectivity index (χ1n) is 5.13. The van der Waals surface area contributed by atoms with Gasteiger partial charge >= 0.3 is 5.97 Å². The quantitative estimate of drug-likeness (QED) is 0.863. The summed E-state index contributed by atoms with van der Waals surface area (Å²) in [6.07, 6.45) is 2.79. The molecule has 6 heteroatoms. The van der Waals surface area contributed by atoms with Gasteiger partial charge in [-0.25, -0.2) is 9.78 Å². The number of anilines is 1. The Morgan fingerprint density at radius 3 is 2.78 bits per heavy atom. The first-order valence-corrected chi connectivity index (χ1v) is 5.13. The zero-order valence-corrected chi connectivity index (χ0v) is 9.51. The van der Waals surface area contributed by atoms with E-state index in [9.17, 15) is 9.59 Å². The van der Waals surface area contributed by atoms with E-state index >= 15 is 0 Å². The van der Waals surface area contributed by atoms with Crippen molar-refractivity contribution in [2.45, 2.75) is 6.92 Å². The van der Waals surface area contributed by atoms with Gasteiger partial charge in [0, 0.05) is 11.8 Å². The average molecular weight is 246 g/mol. The number of amides is 1. The number of rotatable bonds is 3. The van der Waals surface area contributed by atoms with Crippen molar-refractivity contribution in [1.29, 1.82) is 0 Å². The van der Waals surface area contributed by atoms with Crippen molar-refractivity contribution in [2.24, 2.45) is 0 Å². The number of aromatic nitrogens is 1. The normalized spacial score (nSPS) is 10.1. The van der Waals surface area contributed by atoms with Gasteiger partial charge in [0.2, 0.25) is 0 Å². The van der Waals surface area contributed by atoms with Gasteiger partial charge in [0.05, 0.1) is 6.26 Å². The number of furan rings is 1. The molecule has 92 valence electrons. The molecule has 1 amide bonds. The highest BCUT2D eigenvalue weighted by Crippen LogP contribution is 2.15. The molecule has 0 aliphatic carbocycles. The summed E-state index contributed by atoms with van der Waals surface area (Å²) in [6.45, 7) is 1.72. The first-order chi connectivity index (χ1) is 8.59. The van der Waals surface area contributed by atoms with Crippen LogP contribution in [-0.4, -0.2) is 22.0 Å². The molecule has 0 radical (unpaired) electrons. The Morgan fingerprint density at radius 1 is 1.39 bits per heavy atom. The molecule has 0 saturated carbocycles. The molecular formula is C12H10N2O4. The molecule has 2 aromatic heterocycles. The third kappa shape index (κ3) is 2.22. The summed E-state index contributed by atoms with van der Waals surface area (Å²) >= 11 is 0. The second-order valence-corrected chi connectivity index (χ2v) is 3.59. The zero-order chi connectivity index (χ0) is 13.1. The standard InChI is InChI=1S/C12H10N2O4/c1-7-4-6-18-9(7)11(15)14-10-8(12(16)17)3-2-5-13-10/h2-6H,1H3,(H,16,17)(H,13,14,15). The first kappa shape index (κ1) is 11.8. The minimum atomic E-state index is -1.16. The molecule has 6 nitrogen and oxygen atoms in total. The van der Waals surface area contributed by atoms with Crippen molar-refractivity contribution in [2.75, 3.05) is 5.32 Å². The van der Waals surface area contributed by atoms with Gasteiger partial charge in [0.25, 0.3) is 5.91 Å². The third-order valence-corrected chi connectivity index (χ3v) is 2.34. The SMILES string of the molecule is Cc1ccoc1C(=O)Nc1ncccc1C(=O)O. The lowest BCUT2D eigenvalue weighted by Gasteiger charge is -2.05. The van der Waals surface area contributed by atoms with Crippen molar-refractivity contribution < 1.29 is 19.1 Å². The second kappa shape index (κ2) is 4.70. The summed E-state index contributed by atoms with van der Waals surface area (Å²) in [5.74, 6) is -1.56. The topological polar surface area (TPSA) is 92.4 Å². The van der Waals surface area contributed by atoms with Crippen LogP contribution in [0.3, 0.4) is 0 Å². The second-order valence-electron chi connectivity index (χ2n) is 3.59. The third-order valence-electron chi connectivity index (χ3n) is 2.34. The smallest absolute Gasteiger partial charge is 0.339 e. The lowest BCUT2D eigenvalue weighted by Crippen LogP contribution is -2.16. The average Bonchev–Trinajstić information content (AvgIpc) is 2.76. The number of aryl methyl sites for hydroxylation is 1. The van der Waals surface area contributed by atoms with E-state index in [0.717, 1.165) is 0 Å². The Bertz CT molecular complexity index is 604. The van der Waals surface area contributed by atoms with Crippen LogP contribution in [0.2, 0.25) is 0 Å². The van der Waals surface area contributed by atoms with E-state index in [2.05, 4.69) is 10.3 Å². The maximum absolute atomic E-state index is 11.8. The zero-order valence-electron chi connectivity index (χ0n) is 9.51. The minimum absolute atomic E-state index is 0.00852. The van der Waals surface area contributed by atoms with Gasteiger partial charge in [-0.15, -0.1) is 0 Å². The highest BCUT2D eigenvalue weighted by atomic mass is 16.4. The van der Waals surface area contributed by atoms with Crippen LogP contribution in [0.4, 0.5) is 5.82 Å². The fourth-order valence-corrected chi connectivity index (χ4v) is 1.45. The van der Waals surface area contributed by atoms with E-state index in [1.165, 1.54) is 24.6 Å². The van der Waals surface area contributed by atoms with Gasteiger partial charge < -0.3 is 14.8 Å². The van der Waals surface area contributed by atoms with Crippen molar-refractivity contribution in [1.82, 2.24) is 4.98 Å². The molecule has 0 unspecified atom stereocenters. The Hall–Kier alpha value is -2.63.